The smallest absolute Gasteiger partial charge is 0.204 e. The maximum atomic E-state index is 12.6. The Kier molecular flexibility index (Phi) is 3.88. The largest absolute Gasteiger partial charge is 0.507 e. The lowest BCUT2D eigenvalue weighted by Gasteiger charge is -2.28. The molecule has 1 aliphatic heterocycles. The molecule has 25 heavy (non-hydrogen) atoms. The van der Waals surface area contributed by atoms with Crippen molar-refractivity contribution < 1.29 is 18.7 Å². The molecule has 2 heterocycles. The van der Waals surface area contributed by atoms with E-state index in [9.17, 15) is 9.90 Å². The van der Waals surface area contributed by atoms with E-state index in [0.29, 0.717) is 28.9 Å². The Balaban J connectivity index is 1.65. The first-order valence-electron chi connectivity index (χ1n) is 8.71. The van der Waals surface area contributed by atoms with Gasteiger partial charge in [0.05, 0.1) is 25.5 Å². The van der Waals surface area contributed by atoms with Crippen molar-refractivity contribution in [2.75, 3.05) is 33.3 Å². The lowest BCUT2D eigenvalue weighted by atomic mass is 10.1. The second-order valence-electron chi connectivity index (χ2n) is 7.09. The molecule has 1 saturated heterocycles. The summed E-state index contributed by atoms with van der Waals surface area (Å²) in [6, 6.07) is 10.2. The van der Waals surface area contributed by atoms with Crippen LogP contribution in [0.5, 0.6) is 11.5 Å². The fraction of sp³-hybridized carbons (Fsp3) is 0.350. The predicted octanol–water partition coefficient (Wildman–Crippen LogP) is 3.27. The lowest BCUT2D eigenvalue weighted by Crippen LogP contribution is -2.43. The van der Waals surface area contributed by atoms with Crippen LogP contribution < -0.4 is 10.2 Å². The van der Waals surface area contributed by atoms with Crippen molar-refractivity contribution in [3.8, 4) is 11.5 Å². The van der Waals surface area contributed by atoms with Gasteiger partial charge in [-0.15, -0.1) is 0 Å². The molecule has 3 aromatic rings. The third-order valence-electron chi connectivity index (χ3n) is 5.18. The molecule has 0 radical (unpaired) electrons. The SMILES string of the molecule is C[N+]1(CCOc2cc(O)c3c(=O)c4ccccc4oc3c2)CCCC1. The minimum absolute atomic E-state index is 0.103. The van der Waals surface area contributed by atoms with Crippen molar-refractivity contribution in [3.05, 3.63) is 46.6 Å². The van der Waals surface area contributed by atoms with Crippen molar-refractivity contribution in [1.29, 1.82) is 0 Å². The van der Waals surface area contributed by atoms with Crippen LogP contribution in [0.2, 0.25) is 0 Å². The van der Waals surface area contributed by atoms with Crippen molar-refractivity contribution in [3.63, 3.8) is 0 Å². The first-order valence-corrected chi connectivity index (χ1v) is 8.71. The Morgan fingerprint density at radius 1 is 1.16 bits per heavy atom. The molecule has 0 spiro atoms. The Morgan fingerprint density at radius 2 is 1.92 bits per heavy atom. The molecule has 0 aliphatic carbocycles. The number of nitrogens with zero attached hydrogens (tertiary/aromatic N) is 1. The van der Waals surface area contributed by atoms with E-state index in [1.54, 1.807) is 24.3 Å². The first-order chi connectivity index (χ1) is 12.1. The number of ether oxygens (including phenoxy) is 1. The molecular weight excluding hydrogens is 318 g/mol. The number of phenolic OH excluding ortho intramolecular Hbond substituents is 1. The van der Waals surface area contributed by atoms with Crippen molar-refractivity contribution in [1.82, 2.24) is 0 Å². The Labute approximate surface area is 145 Å². The van der Waals surface area contributed by atoms with Gasteiger partial charge in [-0.05, 0) is 12.1 Å². The molecule has 0 unspecified atom stereocenters. The first kappa shape index (κ1) is 16.0. The van der Waals surface area contributed by atoms with Crippen LogP contribution >= 0.6 is 0 Å². The minimum Gasteiger partial charge on any atom is -0.507 e. The van der Waals surface area contributed by atoms with E-state index < -0.39 is 0 Å². The molecule has 0 saturated carbocycles. The van der Waals surface area contributed by atoms with E-state index in [1.807, 2.05) is 6.07 Å². The fourth-order valence-corrected chi connectivity index (χ4v) is 3.67. The zero-order chi connectivity index (χ0) is 17.4. The quantitative estimate of drug-likeness (QED) is 0.585. The number of phenols is 1. The summed E-state index contributed by atoms with van der Waals surface area (Å²) in [4.78, 5) is 12.6. The number of hydrogen-bond acceptors (Lipinski definition) is 4. The number of benzene rings is 2. The standard InChI is InChI=1S/C20H21NO4/c1-21(8-4-5-9-21)10-11-24-14-12-16(22)19-18(13-14)25-17-7-3-2-6-15(17)20(19)23/h2-3,6-7,12-13H,4-5,8-11H2,1H3/p+1. The molecule has 4 rings (SSSR count). The molecule has 0 amide bonds. The summed E-state index contributed by atoms with van der Waals surface area (Å²) in [7, 11) is 2.25. The van der Waals surface area contributed by atoms with Crippen LogP contribution in [0.15, 0.2) is 45.6 Å². The second-order valence-corrected chi connectivity index (χ2v) is 7.09. The summed E-state index contributed by atoms with van der Waals surface area (Å²) in [5.74, 6) is 0.419. The van der Waals surface area contributed by atoms with E-state index in [1.165, 1.54) is 32.0 Å². The van der Waals surface area contributed by atoms with E-state index in [4.69, 9.17) is 9.15 Å². The van der Waals surface area contributed by atoms with Crippen molar-refractivity contribution in [2.24, 2.45) is 0 Å². The average molecular weight is 340 g/mol. The number of fused-ring (bicyclic) bond motifs is 2. The minimum atomic E-state index is -0.226. The highest BCUT2D eigenvalue weighted by Crippen LogP contribution is 2.30. The maximum Gasteiger partial charge on any atom is 0.204 e. The normalized spacial score (nSPS) is 16.5. The van der Waals surface area contributed by atoms with Gasteiger partial charge in [-0.3, -0.25) is 4.79 Å². The molecule has 5 nitrogen and oxygen atoms in total. The highest BCUT2D eigenvalue weighted by molar-refractivity contribution is 5.93. The van der Waals surface area contributed by atoms with Gasteiger partial charge in [0, 0.05) is 25.0 Å². The Morgan fingerprint density at radius 3 is 2.72 bits per heavy atom. The van der Waals surface area contributed by atoms with Gasteiger partial charge in [0.25, 0.3) is 0 Å². The number of likely N-dealkylation sites (N-methyl/N-ethyl adjacent to an activating group) is 1. The predicted molar refractivity (Wildman–Crippen MR) is 97.2 cm³/mol. The third-order valence-corrected chi connectivity index (χ3v) is 5.18. The summed E-state index contributed by atoms with van der Waals surface area (Å²) in [6.45, 7) is 3.88. The summed E-state index contributed by atoms with van der Waals surface area (Å²) in [6.07, 6.45) is 2.54. The molecular formula is C20H22NO4+. The van der Waals surface area contributed by atoms with Crippen LogP contribution in [0.3, 0.4) is 0 Å². The lowest BCUT2D eigenvalue weighted by molar-refractivity contribution is -0.897. The Bertz CT molecular complexity index is 986. The van der Waals surface area contributed by atoms with Crippen LogP contribution in [0.1, 0.15) is 12.8 Å². The summed E-state index contributed by atoms with van der Waals surface area (Å²) < 4.78 is 12.7. The highest BCUT2D eigenvalue weighted by Gasteiger charge is 2.26. The molecule has 1 fully saturated rings. The number of aromatic hydroxyl groups is 1. The van der Waals surface area contributed by atoms with Gasteiger partial charge in [-0.25, -0.2) is 0 Å². The molecule has 1 aromatic heterocycles. The monoisotopic (exact) mass is 340 g/mol. The second kappa shape index (κ2) is 6.08. The van der Waals surface area contributed by atoms with Gasteiger partial charge in [-0.1, -0.05) is 12.1 Å². The van der Waals surface area contributed by atoms with Gasteiger partial charge >= 0.3 is 0 Å². The number of para-hydroxylation sites is 1. The highest BCUT2D eigenvalue weighted by atomic mass is 16.5. The Hall–Kier alpha value is -2.53. The van der Waals surface area contributed by atoms with Gasteiger partial charge in [0.1, 0.15) is 41.2 Å². The molecule has 1 N–H and O–H groups in total. The fourth-order valence-electron chi connectivity index (χ4n) is 3.67. The van der Waals surface area contributed by atoms with Gasteiger partial charge in [0.2, 0.25) is 5.43 Å². The van der Waals surface area contributed by atoms with E-state index >= 15 is 0 Å². The van der Waals surface area contributed by atoms with Crippen molar-refractivity contribution in [2.45, 2.75) is 12.8 Å². The summed E-state index contributed by atoms with van der Waals surface area (Å²) >= 11 is 0. The molecule has 0 bridgehead atoms. The van der Waals surface area contributed by atoms with Gasteiger partial charge in [-0.2, -0.15) is 0 Å². The topological polar surface area (TPSA) is 59.7 Å². The van der Waals surface area contributed by atoms with E-state index in [-0.39, 0.29) is 16.6 Å². The maximum absolute atomic E-state index is 12.6. The average Bonchev–Trinajstić information content (AvgIpc) is 3.01. The van der Waals surface area contributed by atoms with E-state index in [0.717, 1.165) is 11.0 Å². The molecule has 1 aliphatic rings. The van der Waals surface area contributed by atoms with Crippen LogP contribution in [-0.4, -0.2) is 42.9 Å². The summed E-state index contributed by atoms with van der Waals surface area (Å²) in [5, 5.41) is 11.0. The zero-order valence-corrected chi connectivity index (χ0v) is 14.3. The van der Waals surface area contributed by atoms with Gasteiger partial charge < -0.3 is 18.7 Å². The van der Waals surface area contributed by atoms with Gasteiger partial charge in [0.15, 0.2) is 0 Å². The molecule has 5 heteroatoms. The number of quaternary nitrogens is 1. The number of rotatable bonds is 4. The van der Waals surface area contributed by atoms with Crippen LogP contribution in [0.25, 0.3) is 21.9 Å². The summed E-state index contributed by atoms with van der Waals surface area (Å²) in [5.41, 5.74) is 0.628. The molecule has 0 atom stereocenters. The molecule has 130 valence electrons. The number of hydrogen-bond donors (Lipinski definition) is 1. The van der Waals surface area contributed by atoms with Crippen LogP contribution in [0.4, 0.5) is 0 Å². The third kappa shape index (κ3) is 2.96. The molecule has 2 aromatic carbocycles. The number of likely N-dealkylation sites (tertiary alicyclic amines) is 1. The van der Waals surface area contributed by atoms with Crippen molar-refractivity contribution >= 4 is 21.9 Å². The zero-order valence-electron chi connectivity index (χ0n) is 14.3. The van der Waals surface area contributed by atoms with E-state index in [2.05, 4.69) is 7.05 Å². The van der Waals surface area contributed by atoms with Crippen LogP contribution in [0, 0.1) is 0 Å². The van der Waals surface area contributed by atoms with Crippen LogP contribution in [-0.2, 0) is 0 Å².